The summed E-state index contributed by atoms with van der Waals surface area (Å²) in [5.74, 6) is 0.984. The molecule has 6 rings (SSSR count). The second-order valence-corrected chi connectivity index (χ2v) is 10.3. The highest BCUT2D eigenvalue weighted by atomic mass is 16.2. The standard InChI is InChI=1S/C33H33N5O/c1-5-28-27-21-37(33(39)34-29-17-16-23(3)19-24(29)4)31(25-12-9-11-22(2)20-25)30-15-10-18-36(30)32(27)38(35-28)26-13-7-6-8-14-26/h6-20,31H,5,21H2,1-4H3,(H,34,39)/t31-/m0/s1. The van der Waals surface area contributed by atoms with Crippen LogP contribution in [0.15, 0.2) is 91.1 Å². The van der Waals surface area contributed by atoms with Crippen LogP contribution in [0.5, 0.6) is 0 Å². The van der Waals surface area contributed by atoms with Crippen LogP contribution >= 0.6 is 0 Å². The maximum Gasteiger partial charge on any atom is 0.322 e. The van der Waals surface area contributed by atoms with Gasteiger partial charge in [0.1, 0.15) is 5.82 Å². The molecule has 6 heteroatoms. The number of amides is 2. The van der Waals surface area contributed by atoms with E-state index in [9.17, 15) is 4.79 Å². The van der Waals surface area contributed by atoms with Crippen LogP contribution in [0.1, 0.15) is 52.2 Å². The number of anilines is 1. The van der Waals surface area contributed by atoms with Crippen LogP contribution in [0, 0.1) is 20.8 Å². The van der Waals surface area contributed by atoms with Crippen LogP contribution in [-0.2, 0) is 13.0 Å². The van der Waals surface area contributed by atoms with Gasteiger partial charge in [-0.1, -0.05) is 72.6 Å². The number of nitrogens with zero attached hydrogens (tertiary/aromatic N) is 4. The van der Waals surface area contributed by atoms with Gasteiger partial charge in [-0.25, -0.2) is 9.48 Å². The van der Waals surface area contributed by atoms with Crippen LogP contribution < -0.4 is 5.32 Å². The quantitative estimate of drug-likeness (QED) is 0.273. The van der Waals surface area contributed by atoms with Crippen LogP contribution in [-0.4, -0.2) is 25.3 Å². The fourth-order valence-electron chi connectivity index (χ4n) is 5.68. The molecule has 196 valence electrons. The fraction of sp³-hybridized carbons (Fsp3) is 0.212. The molecule has 0 radical (unpaired) electrons. The first-order valence-electron chi connectivity index (χ1n) is 13.5. The molecule has 1 aliphatic heterocycles. The average Bonchev–Trinajstić information content (AvgIpc) is 3.51. The lowest BCUT2D eigenvalue weighted by Gasteiger charge is -2.31. The third kappa shape index (κ3) is 4.42. The molecule has 0 unspecified atom stereocenters. The highest BCUT2D eigenvalue weighted by molar-refractivity contribution is 5.91. The molecule has 1 aliphatic rings. The Morgan fingerprint density at radius 3 is 2.46 bits per heavy atom. The largest absolute Gasteiger partial charge is 0.322 e. The number of hydrogen-bond acceptors (Lipinski definition) is 2. The van der Waals surface area contributed by atoms with Crippen molar-refractivity contribution in [1.82, 2.24) is 19.2 Å². The van der Waals surface area contributed by atoms with Crippen molar-refractivity contribution in [2.45, 2.75) is 46.7 Å². The molecule has 0 bridgehead atoms. The maximum absolute atomic E-state index is 14.2. The average molecular weight is 516 g/mol. The molecule has 5 aromatic rings. The van der Waals surface area contributed by atoms with Gasteiger partial charge in [-0.05, 0) is 68.7 Å². The Balaban J connectivity index is 1.55. The Bertz CT molecular complexity index is 1660. The summed E-state index contributed by atoms with van der Waals surface area (Å²) < 4.78 is 4.24. The number of para-hydroxylation sites is 1. The van der Waals surface area contributed by atoms with E-state index in [-0.39, 0.29) is 12.1 Å². The summed E-state index contributed by atoms with van der Waals surface area (Å²) in [6, 6.07) is 28.5. The molecule has 39 heavy (non-hydrogen) atoms. The van der Waals surface area contributed by atoms with Crippen LogP contribution in [0.2, 0.25) is 0 Å². The van der Waals surface area contributed by atoms with Gasteiger partial charge in [0.15, 0.2) is 0 Å². The zero-order valence-electron chi connectivity index (χ0n) is 22.8. The Morgan fingerprint density at radius 2 is 1.72 bits per heavy atom. The second-order valence-electron chi connectivity index (χ2n) is 10.3. The third-order valence-electron chi connectivity index (χ3n) is 7.55. The van der Waals surface area contributed by atoms with Gasteiger partial charge in [-0.2, -0.15) is 5.10 Å². The summed E-state index contributed by atoms with van der Waals surface area (Å²) in [4.78, 5) is 16.2. The molecule has 0 aliphatic carbocycles. The lowest BCUT2D eigenvalue weighted by molar-refractivity contribution is 0.194. The fourth-order valence-corrected chi connectivity index (χ4v) is 5.68. The topological polar surface area (TPSA) is 55.1 Å². The SMILES string of the molecule is CCc1nn(-c2ccccc2)c2c1CN(C(=O)Nc1ccc(C)cc1C)[C@@H](c1cccc(C)c1)c1cccn1-2. The van der Waals surface area contributed by atoms with Gasteiger partial charge in [0.2, 0.25) is 0 Å². The minimum atomic E-state index is -0.285. The zero-order valence-corrected chi connectivity index (χ0v) is 22.8. The van der Waals surface area contributed by atoms with E-state index >= 15 is 0 Å². The van der Waals surface area contributed by atoms with Crippen LogP contribution in [0.4, 0.5) is 10.5 Å². The van der Waals surface area contributed by atoms with E-state index in [1.54, 1.807) is 0 Å². The van der Waals surface area contributed by atoms with Crippen molar-refractivity contribution in [1.29, 1.82) is 0 Å². The summed E-state index contributed by atoms with van der Waals surface area (Å²) in [6.45, 7) is 8.75. The van der Waals surface area contributed by atoms with Gasteiger partial charge in [0.25, 0.3) is 0 Å². The van der Waals surface area contributed by atoms with Crippen molar-refractivity contribution in [3.05, 3.63) is 130 Å². The number of carbonyl (C=O) groups is 1. The molecule has 3 aromatic carbocycles. The molecule has 0 fully saturated rings. The van der Waals surface area contributed by atoms with Gasteiger partial charge in [0.05, 0.1) is 29.7 Å². The van der Waals surface area contributed by atoms with Crippen molar-refractivity contribution in [2.75, 3.05) is 5.32 Å². The van der Waals surface area contributed by atoms with E-state index in [0.29, 0.717) is 6.54 Å². The number of fused-ring (bicyclic) bond motifs is 3. The van der Waals surface area contributed by atoms with Crippen LogP contribution in [0.3, 0.4) is 0 Å². The summed E-state index contributed by atoms with van der Waals surface area (Å²) >= 11 is 0. The molecule has 2 aromatic heterocycles. The lowest BCUT2D eigenvalue weighted by Crippen LogP contribution is -2.38. The first-order valence-corrected chi connectivity index (χ1v) is 13.5. The van der Waals surface area contributed by atoms with E-state index in [4.69, 9.17) is 5.10 Å². The monoisotopic (exact) mass is 515 g/mol. The molecule has 1 atom stereocenters. The first kappa shape index (κ1) is 24.7. The Morgan fingerprint density at radius 1 is 0.923 bits per heavy atom. The number of hydrogen-bond donors (Lipinski definition) is 1. The van der Waals surface area contributed by atoms with E-state index < -0.39 is 0 Å². The van der Waals surface area contributed by atoms with Gasteiger partial charge in [0, 0.05) is 17.4 Å². The maximum atomic E-state index is 14.2. The zero-order chi connectivity index (χ0) is 27.1. The summed E-state index contributed by atoms with van der Waals surface area (Å²) in [7, 11) is 0. The number of urea groups is 1. The van der Waals surface area contributed by atoms with E-state index in [0.717, 1.165) is 57.3 Å². The predicted molar refractivity (Wildman–Crippen MR) is 156 cm³/mol. The number of rotatable bonds is 4. The summed E-state index contributed by atoms with van der Waals surface area (Å²) in [5, 5.41) is 8.28. The molecular formula is C33H33N5O. The van der Waals surface area contributed by atoms with E-state index in [1.807, 2.05) is 46.8 Å². The molecule has 1 N–H and O–H groups in total. The van der Waals surface area contributed by atoms with Gasteiger partial charge in [-0.15, -0.1) is 0 Å². The number of aryl methyl sites for hydroxylation is 4. The molecule has 6 nitrogen and oxygen atoms in total. The van der Waals surface area contributed by atoms with Gasteiger partial charge >= 0.3 is 6.03 Å². The van der Waals surface area contributed by atoms with Gasteiger partial charge in [-0.3, -0.25) is 0 Å². The van der Waals surface area contributed by atoms with Crippen molar-refractivity contribution < 1.29 is 4.79 Å². The number of aromatic nitrogens is 3. The van der Waals surface area contributed by atoms with Crippen molar-refractivity contribution >= 4 is 11.7 Å². The molecular weight excluding hydrogens is 482 g/mol. The van der Waals surface area contributed by atoms with Gasteiger partial charge < -0.3 is 14.8 Å². The van der Waals surface area contributed by atoms with Crippen molar-refractivity contribution in [3.8, 4) is 11.5 Å². The Hall–Kier alpha value is -4.58. The first-order chi connectivity index (χ1) is 18.9. The number of carbonyl (C=O) groups excluding carboxylic acids is 1. The lowest BCUT2D eigenvalue weighted by atomic mass is 10.00. The van der Waals surface area contributed by atoms with E-state index in [2.05, 4.69) is 91.4 Å². The highest BCUT2D eigenvalue weighted by Crippen LogP contribution is 2.39. The molecule has 3 heterocycles. The van der Waals surface area contributed by atoms with Crippen LogP contribution in [0.25, 0.3) is 11.5 Å². The summed E-state index contributed by atoms with van der Waals surface area (Å²) in [6.07, 6.45) is 2.85. The smallest absolute Gasteiger partial charge is 0.308 e. The third-order valence-corrected chi connectivity index (χ3v) is 7.55. The van der Waals surface area contributed by atoms with Crippen molar-refractivity contribution in [3.63, 3.8) is 0 Å². The second kappa shape index (κ2) is 9.95. The molecule has 0 saturated carbocycles. The minimum absolute atomic E-state index is 0.136. The molecule has 0 saturated heterocycles. The Labute approximate surface area is 229 Å². The van der Waals surface area contributed by atoms with E-state index in [1.165, 1.54) is 5.56 Å². The normalized spacial score (nSPS) is 14.5. The summed E-state index contributed by atoms with van der Waals surface area (Å²) in [5.41, 5.74) is 9.33. The number of benzene rings is 3. The molecule has 2 amide bonds. The molecule has 0 spiro atoms. The van der Waals surface area contributed by atoms with Crippen molar-refractivity contribution in [2.24, 2.45) is 0 Å². The minimum Gasteiger partial charge on any atom is -0.308 e. The predicted octanol–water partition coefficient (Wildman–Crippen LogP) is 7.29. The number of nitrogens with one attached hydrogen (secondary N) is 1. The Kier molecular flexibility index (Phi) is 6.31. The highest BCUT2D eigenvalue weighted by Gasteiger charge is 2.36.